The first-order valence-corrected chi connectivity index (χ1v) is 11.2. The van der Waals surface area contributed by atoms with Crippen LogP contribution in [0.1, 0.15) is 13.3 Å². The molecule has 29 heavy (non-hydrogen) atoms. The molecule has 0 atom stereocenters. The van der Waals surface area contributed by atoms with Crippen molar-refractivity contribution in [2.45, 2.75) is 18.2 Å². The Morgan fingerprint density at radius 2 is 1.76 bits per heavy atom. The lowest BCUT2D eigenvalue weighted by Gasteiger charge is -2.34. The minimum atomic E-state index is -3.60. The Morgan fingerprint density at radius 1 is 1.00 bits per heavy atom. The minimum absolute atomic E-state index is 0.227. The van der Waals surface area contributed by atoms with Crippen LogP contribution in [0.3, 0.4) is 0 Å². The van der Waals surface area contributed by atoms with Gasteiger partial charge in [0.15, 0.2) is 17.3 Å². The predicted octanol–water partition coefficient (Wildman–Crippen LogP) is 1.58. The van der Waals surface area contributed by atoms with Gasteiger partial charge in [-0.3, -0.25) is 0 Å². The van der Waals surface area contributed by atoms with E-state index in [1.54, 1.807) is 18.2 Å². The van der Waals surface area contributed by atoms with Gasteiger partial charge < -0.3 is 19.7 Å². The maximum Gasteiger partial charge on any atom is 0.243 e. The number of benzene rings is 1. The van der Waals surface area contributed by atoms with E-state index in [1.807, 2.05) is 24.0 Å². The number of sulfonamides is 1. The van der Waals surface area contributed by atoms with Crippen LogP contribution in [-0.2, 0) is 10.0 Å². The molecule has 1 aromatic heterocycles. The van der Waals surface area contributed by atoms with Gasteiger partial charge in [-0.15, -0.1) is 10.2 Å². The number of nitrogens with one attached hydrogen (secondary N) is 1. The summed E-state index contributed by atoms with van der Waals surface area (Å²) in [5.74, 6) is 2.55. The van der Waals surface area contributed by atoms with Crippen LogP contribution in [0.4, 0.5) is 11.6 Å². The van der Waals surface area contributed by atoms with E-state index in [4.69, 9.17) is 9.47 Å². The fourth-order valence-corrected chi connectivity index (χ4v) is 4.82. The number of rotatable bonds is 5. The topological polar surface area (TPSA) is 96.9 Å². The van der Waals surface area contributed by atoms with Gasteiger partial charge in [-0.05, 0) is 31.2 Å². The Labute approximate surface area is 170 Å². The molecular weight excluding hydrogens is 394 g/mol. The number of anilines is 2. The first-order valence-electron chi connectivity index (χ1n) is 9.80. The first-order chi connectivity index (χ1) is 14.1. The van der Waals surface area contributed by atoms with Crippen molar-refractivity contribution in [3.8, 4) is 11.5 Å². The molecule has 2 aliphatic rings. The number of hydrogen-bond donors (Lipinski definition) is 1. The molecule has 1 N–H and O–H groups in total. The van der Waals surface area contributed by atoms with Crippen LogP contribution in [0, 0.1) is 0 Å². The number of fused-ring (bicyclic) bond motifs is 1. The molecule has 0 amide bonds. The number of hydrogen-bond acceptors (Lipinski definition) is 8. The Balaban J connectivity index is 1.44. The van der Waals surface area contributed by atoms with Crippen LogP contribution >= 0.6 is 0 Å². The molecule has 1 fully saturated rings. The fourth-order valence-electron chi connectivity index (χ4n) is 3.38. The van der Waals surface area contributed by atoms with Gasteiger partial charge >= 0.3 is 0 Å². The Hall–Kier alpha value is -2.59. The fraction of sp³-hybridized carbons (Fsp3) is 0.474. The van der Waals surface area contributed by atoms with Crippen molar-refractivity contribution >= 4 is 21.7 Å². The van der Waals surface area contributed by atoms with Gasteiger partial charge in [-0.2, -0.15) is 4.31 Å². The highest BCUT2D eigenvalue weighted by Crippen LogP contribution is 2.33. The van der Waals surface area contributed by atoms with E-state index in [9.17, 15) is 8.42 Å². The molecule has 10 heteroatoms. The summed E-state index contributed by atoms with van der Waals surface area (Å²) < 4.78 is 38.9. The van der Waals surface area contributed by atoms with Crippen molar-refractivity contribution in [3.63, 3.8) is 0 Å². The maximum absolute atomic E-state index is 13.1. The highest BCUT2D eigenvalue weighted by atomic mass is 32.2. The summed E-state index contributed by atoms with van der Waals surface area (Å²) in [5.41, 5.74) is 0. The molecule has 2 aromatic rings. The van der Waals surface area contributed by atoms with Crippen LogP contribution in [-0.4, -0.2) is 68.9 Å². The third-order valence-electron chi connectivity index (χ3n) is 4.93. The molecule has 2 aliphatic heterocycles. The second-order valence-electron chi connectivity index (χ2n) is 6.86. The van der Waals surface area contributed by atoms with Crippen molar-refractivity contribution in [2.24, 2.45) is 0 Å². The largest absolute Gasteiger partial charge is 0.490 e. The van der Waals surface area contributed by atoms with E-state index in [0.717, 1.165) is 24.6 Å². The molecular formula is C19H25N5O4S. The highest BCUT2D eigenvalue weighted by molar-refractivity contribution is 7.89. The van der Waals surface area contributed by atoms with E-state index >= 15 is 0 Å². The van der Waals surface area contributed by atoms with Gasteiger partial charge in [0, 0.05) is 45.2 Å². The average molecular weight is 420 g/mol. The summed E-state index contributed by atoms with van der Waals surface area (Å²) in [6.07, 6.45) is 0.775. The summed E-state index contributed by atoms with van der Waals surface area (Å²) in [6.45, 7) is 5.74. The average Bonchev–Trinajstić information content (AvgIpc) is 2.99. The first kappa shape index (κ1) is 19.7. The number of aromatic nitrogens is 2. The zero-order chi connectivity index (χ0) is 20.3. The number of piperazine rings is 1. The van der Waals surface area contributed by atoms with E-state index in [0.29, 0.717) is 50.9 Å². The summed E-state index contributed by atoms with van der Waals surface area (Å²) in [6, 6.07) is 8.60. The lowest BCUT2D eigenvalue weighted by Crippen LogP contribution is -2.49. The zero-order valence-electron chi connectivity index (χ0n) is 16.4. The molecule has 0 saturated carbocycles. The molecule has 156 valence electrons. The SMILES string of the molecule is CCNc1ccc(N2CCN(S(=O)(=O)c3ccc4c(c3)OCCCO4)CC2)nn1. The van der Waals surface area contributed by atoms with Crippen LogP contribution < -0.4 is 19.7 Å². The molecule has 4 rings (SSSR count). The quantitative estimate of drug-likeness (QED) is 0.780. The predicted molar refractivity (Wildman–Crippen MR) is 109 cm³/mol. The number of ether oxygens (including phenoxy) is 2. The Morgan fingerprint density at radius 3 is 2.45 bits per heavy atom. The van der Waals surface area contributed by atoms with Gasteiger partial charge in [0.2, 0.25) is 10.0 Å². The monoisotopic (exact) mass is 419 g/mol. The van der Waals surface area contributed by atoms with E-state index in [-0.39, 0.29) is 4.90 Å². The van der Waals surface area contributed by atoms with E-state index < -0.39 is 10.0 Å². The maximum atomic E-state index is 13.1. The van der Waals surface area contributed by atoms with Crippen LogP contribution in [0.25, 0.3) is 0 Å². The zero-order valence-corrected chi connectivity index (χ0v) is 17.2. The van der Waals surface area contributed by atoms with Gasteiger partial charge in [-0.1, -0.05) is 0 Å². The Bertz CT molecular complexity index is 944. The van der Waals surface area contributed by atoms with Gasteiger partial charge in [0.05, 0.1) is 18.1 Å². The third-order valence-corrected chi connectivity index (χ3v) is 6.82. The third kappa shape index (κ3) is 4.23. The second-order valence-corrected chi connectivity index (χ2v) is 8.80. The molecule has 0 unspecified atom stereocenters. The van der Waals surface area contributed by atoms with Crippen molar-refractivity contribution in [2.75, 3.05) is 56.2 Å². The lowest BCUT2D eigenvalue weighted by molar-refractivity contribution is 0.296. The van der Waals surface area contributed by atoms with Crippen molar-refractivity contribution in [3.05, 3.63) is 30.3 Å². The molecule has 0 bridgehead atoms. The van der Waals surface area contributed by atoms with Gasteiger partial charge in [0.1, 0.15) is 5.82 Å². The summed E-state index contributed by atoms with van der Waals surface area (Å²) in [5, 5.41) is 11.5. The van der Waals surface area contributed by atoms with Gasteiger partial charge in [0.25, 0.3) is 0 Å². The standard InChI is InChI=1S/C19H25N5O4S/c1-2-20-18-6-7-19(22-21-18)23-8-10-24(11-9-23)29(25,26)15-4-5-16-17(14-15)28-13-3-12-27-16/h4-7,14H,2-3,8-13H2,1H3,(H,20,21). The van der Waals surface area contributed by atoms with Gasteiger partial charge in [-0.25, -0.2) is 8.42 Å². The molecule has 9 nitrogen and oxygen atoms in total. The van der Waals surface area contributed by atoms with Crippen molar-refractivity contribution in [1.29, 1.82) is 0 Å². The number of nitrogens with zero attached hydrogens (tertiary/aromatic N) is 4. The molecule has 0 spiro atoms. The highest BCUT2D eigenvalue weighted by Gasteiger charge is 2.30. The molecule has 3 heterocycles. The summed E-state index contributed by atoms with van der Waals surface area (Å²) in [7, 11) is -3.60. The molecule has 0 aliphatic carbocycles. The van der Waals surface area contributed by atoms with Crippen molar-refractivity contribution < 1.29 is 17.9 Å². The van der Waals surface area contributed by atoms with Crippen LogP contribution in [0.2, 0.25) is 0 Å². The Kier molecular flexibility index (Phi) is 5.72. The summed E-state index contributed by atoms with van der Waals surface area (Å²) in [4.78, 5) is 2.27. The second kappa shape index (κ2) is 8.42. The molecule has 1 aromatic carbocycles. The normalized spacial score (nSPS) is 17.6. The van der Waals surface area contributed by atoms with Crippen LogP contribution in [0.15, 0.2) is 35.2 Å². The van der Waals surface area contributed by atoms with Crippen molar-refractivity contribution in [1.82, 2.24) is 14.5 Å². The van der Waals surface area contributed by atoms with E-state index in [2.05, 4.69) is 15.5 Å². The van der Waals surface area contributed by atoms with Crippen LogP contribution in [0.5, 0.6) is 11.5 Å². The van der Waals surface area contributed by atoms with E-state index in [1.165, 1.54) is 4.31 Å². The smallest absolute Gasteiger partial charge is 0.243 e. The molecule has 1 saturated heterocycles. The minimum Gasteiger partial charge on any atom is -0.490 e. The summed E-state index contributed by atoms with van der Waals surface area (Å²) >= 11 is 0. The molecule has 0 radical (unpaired) electrons. The lowest BCUT2D eigenvalue weighted by atomic mass is 10.3.